The fraction of sp³-hybridized carbons (Fsp3) is 0.333. The average molecular weight is 199 g/mol. The molecule has 1 aromatic rings. The second-order valence-electron chi connectivity index (χ2n) is 3.41. The summed E-state index contributed by atoms with van der Waals surface area (Å²) in [4.78, 5) is 2.04. The summed E-state index contributed by atoms with van der Waals surface area (Å²) in [6.45, 7) is 1.45. The Morgan fingerprint density at radius 3 is 2.67 bits per heavy atom. The van der Waals surface area contributed by atoms with Crippen molar-refractivity contribution in [3.05, 3.63) is 35.4 Å². The van der Waals surface area contributed by atoms with Crippen molar-refractivity contribution >= 4 is 0 Å². The molecule has 0 spiro atoms. The molecule has 0 unspecified atom stereocenters. The minimum atomic E-state index is 0.519. The van der Waals surface area contributed by atoms with E-state index in [1.54, 1.807) is 0 Å². The summed E-state index contributed by atoms with van der Waals surface area (Å²) in [5.41, 5.74) is 1.72. The molecule has 0 N–H and O–H groups in total. The monoisotopic (exact) mass is 199 g/mol. The highest BCUT2D eigenvalue weighted by molar-refractivity contribution is 5.37. The van der Waals surface area contributed by atoms with Crippen LogP contribution >= 0.6 is 0 Å². The standard InChI is InChI=1S/C12H13N3/c1-15(8-4-7-13)10-12-6-3-2-5-11(12)9-14/h2-3,5-6H,4,8,10H2,1H3. The van der Waals surface area contributed by atoms with E-state index in [1.165, 1.54) is 0 Å². The zero-order valence-corrected chi connectivity index (χ0v) is 8.77. The van der Waals surface area contributed by atoms with E-state index in [0.717, 1.165) is 12.1 Å². The molecule has 0 aliphatic carbocycles. The van der Waals surface area contributed by atoms with Crippen molar-refractivity contribution in [2.24, 2.45) is 0 Å². The van der Waals surface area contributed by atoms with E-state index in [1.807, 2.05) is 36.2 Å². The third-order valence-corrected chi connectivity index (χ3v) is 2.18. The Morgan fingerprint density at radius 2 is 2.00 bits per heavy atom. The summed E-state index contributed by atoms with van der Waals surface area (Å²) >= 11 is 0. The molecular weight excluding hydrogens is 186 g/mol. The fourth-order valence-electron chi connectivity index (χ4n) is 1.38. The predicted octanol–water partition coefficient (Wildman–Crippen LogP) is 1.90. The topological polar surface area (TPSA) is 50.8 Å². The van der Waals surface area contributed by atoms with E-state index in [-0.39, 0.29) is 0 Å². The lowest BCUT2D eigenvalue weighted by Crippen LogP contribution is -2.19. The van der Waals surface area contributed by atoms with Crippen LogP contribution in [0, 0.1) is 22.7 Å². The molecule has 1 rings (SSSR count). The average Bonchev–Trinajstić information content (AvgIpc) is 2.27. The maximum atomic E-state index is 8.89. The van der Waals surface area contributed by atoms with E-state index in [9.17, 15) is 0 Å². The molecular formula is C12H13N3. The molecule has 1 aromatic carbocycles. The lowest BCUT2D eigenvalue weighted by atomic mass is 10.1. The molecule has 3 heteroatoms. The van der Waals surface area contributed by atoms with Crippen molar-refractivity contribution in [1.82, 2.24) is 4.90 Å². The highest BCUT2D eigenvalue weighted by Crippen LogP contribution is 2.09. The van der Waals surface area contributed by atoms with Gasteiger partial charge in [-0.25, -0.2) is 0 Å². The number of rotatable bonds is 4. The van der Waals surface area contributed by atoms with Crippen LogP contribution in [0.3, 0.4) is 0 Å². The highest BCUT2D eigenvalue weighted by atomic mass is 15.1. The van der Waals surface area contributed by atoms with Gasteiger partial charge in [-0.2, -0.15) is 10.5 Å². The van der Waals surface area contributed by atoms with Gasteiger partial charge in [0.2, 0.25) is 0 Å². The van der Waals surface area contributed by atoms with E-state index in [2.05, 4.69) is 12.1 Å². The summed E-state index contributed by atoms with van der Waals surface area (Å²) in [6.07, 6.45) is 0.519. The van der Waals surface area contributed by atoms with Crippen LogP contribution < -0.4 is 0 Å². The third kappa shape index (κ3) is 3.42. The Bertz CT molecular complexity index is 398. The summed E-state index contributed by atoms with van der Waals surface area (Å²) in [7, 11) is 1.95. The molecule has 0 aliphatic heterocycles. The van der Waals surface area contributed by atoms with Crippen molar-refractivity contribution in [3.8, 4) is 12.1 Å². The summed E-state index contributed by atoms with van der Waals surface area (Å²) < 4.78 is 0. The first-order valence-corrected chi connectivity index (χ1v) is 4.81. The number of hydrogen-bond acceptors (Lipinski definition) is 3. The normalized spacial score (nSPS) is 9.60. The van der Waals surface area contributed by atoms with E-state index in [4.69, 9.17) is 10.5 Å². The minimum absolute atomic E-state index is 0.519. The van der Waals surface area contributed by atoms with E-state index < -0.39 is 0 Å². The van der Waals surface area contributed by atoms with Crippen molar-refractivity contribution < 1.29 is 0 Å². The van der Waals surface area contributed by atoms with Gasteiger partial charge in [-0.15, -0.1) is 0 Å². The van der Waals surface area contributed by atoms with E-state index >= 15 is 0 Å². The Hall–Kier alpha value is -1.84. The van der Waals surface area contributed by atoms with Gasteiger partial charge in [-0.3, -0.25) is 0 Å². The van der Waals surface area contributed by atoms with Gasteiger partial charge in [0.25, 0.3) is 0 Å². The van der Waals surface area contributed by atoms with Crippen LogP contribution in [-0.4, -0.2) is 18.5 Å². The molecule has 0 heterocycles. The molecule has 0 fully saturated rings. The second-order valence-corrected chi connectivity index (χ2v) is 3.41. The first-order valence-electron chi connectivity index (χ1n) is 4.81. The van der Waals surface area contributed by atoms with Gasteiger partial charge in [-0.1, -0.05) is 18.2 Å². The first-order chi connectivity index (χ1) is 7.27. The van der Waals surface area contributed by atoms with Crippen molar-refractivity contribution in [2.45, 2.75) is 13.0 Å². The number of hydrogen-bond donors (Lipinski definition) is 0. The van der Waals surface area contributed by atoms with Crippen LogP contribution in [0.4, 0.5) is 0 Å². The predicted molar refractivity (Wildman–Crippen MR) is 57.7 cm³/mol. The van der Waals surface area contributed by atoms with Gasteiger partial charge < -0.3 is 4.90 Å². The number of nitriles is 2. The third-order valence-electron chi connectivity index (χ3n) is 2.18. The molecule has 15 heavy (non-hydrogen) atoms. The Balaban J connectivity index is 2.65. The van der Waals surface area contributed by atoms with Crippen molar-refractivity contribution in [2.75, 3.05) is 13.6 Å². The minimum Gasteiger partial charge on any atom is -0.301 e. The molecule has 0 radical (unpaired) electrons. The Kier molecular flexibility index (Phi) is 4.34. The fourth-order valence-corrected chi connectivity index (χ4v) is 1.38. The maximum absolute atomic E-state index is 8.89. The van der Waals surface area contributed by atoms with Crippen LogP contribution in [-0.2, 0) is 6.54 Å². The van der Waals surface area contributed by atoms with Crippen LogP contribution in [0.5, 0.6) is 0 Å². The lowest BCUT2D eigenvalue weighted by molar-refractivity contribution is 0.334. The molecule has 0 aromatic heterocycles. The number of benzene rings is 1. The van der Waals surface area contributed by atoms with Crippen LogP contribution in [0.25, 0.3) is 0 Å². The first kappa shape index (κ1) is 11.2. The molecule has 0 saturated carbocycles. The molecule has 76 valence electrons. The molecule has 3 nitrogen and oxygen atoms in total. The van der Waals surface area contributed by atoms with Crippen molar-refractivity contribution in [1.29, 1.82) is 10.5 Å². The lowest BCUT2D eigenvalue weighted by Gasteiger charge is -2.15. The van der Waals surface area contributed by atoms with Crippen LogP contribution in [0.15, 0.2) is 24.3 Å². The maximum Gasteiger partial charge on any atom is 0.0995 e. The zero-order valence-electron chi connectivity index (χ0n) is 8.77. The van der Waals surface area contributed by atoms with Gasteiger partial charge in [-0.05, 0) is 18.7 Å². The van der Waals surface area contributed by atoms with Crippen LogP contribution in [0.1, 0.15) is 17.5 Å². The Labute approximate surface area is 90.2 Å². The van der Waals surface area contributed by atoms with Gasteiger partial charge in [0.1, 0.15) is 0 Å². The molecule has 0 saturated heterocycles. The van der Waals surface area contributed by atoms with Gasteiger partial charge in [0.05, 0.1) is 17.7 Å². The SMILES string of the molecule is CN(CCC#N)Cc1ccccc1C#N. The summed E-state index contributed by atoms with van der Waals surface area (Å²) in [5.74, 6) is 0. The summed E-state index contributed by atoms with van der Waals surface area (Å²) in [6, 6.07) is 11.8. The second kappa shape index (κ2) is 5.80. The largest absolute Gasteiger partial charge is 0.301 e. The number of nitrogens with zero attached hydrogens (tertiary/aromatic N) is 3. The molecule has 0 bridgehead atoms. The van der Waals surface area contributed by atoms with Gasteiger partial charge >= 0.3 is 0 Å². The quantitative estimate of drug-likeness (QED) is 0.744. The highest BCUT2D eigenvalue weighted by Gasteiger charge is 2.03. The molecule has 0 aliphatic rings. The molecule has 0 amide bonds. The molecule has 0 atom stereocenters. The van der Waals surface area contributed by atoms with E-state index in [0.29, 0.717) is 18.5 Å². The van der Waals surface area contributed by atoms with Gasteiger partial charge in [0, 0.05) is 19.5 Å². The summed E-state index contributed by atoms with van der Waals surface area (Å²) in [5, 5.41) is 17.3. The zero-order chi connectivity index (χ0) is 11.1. The van der Waals surface area contributed by atoms with Crippen LogP contribution in [0.2, 0.25) is 0 Å². The van der Waals surface area contributed by atoms with Crippen molar-refractivity contribution in [3.63, 3.8) is 0 Å². The smallest absolute Gasteiger partial charge is 0.0995 e. The van der Waals surface area contributed by atoms with Gasteiger partial charge in [0.15, 0.2) is 0 Å². The Morgan fingerprint density at radius 1 is 1.27 bits per heavy atom.